The summed E-state index contributed by atoms with van der Waals surface area (Å²) in [5.74, 6) is 0.212. The van der Waals surface area contributed by atoms with Crippen LogP contribution >= 0.6 is 23.8 Å². The van der Waals surface area contributed by atoms with E-state index in [1.54, 1.807) is 0 Å². The minimum absolute atomic E-state index is 0.0240. The second-order valence-electron chi connectivity index (χ2n) is 3.66. The van der Waals surface area contributed by atoms with Gasteiger partial charge in [0.1, 0.15) is 9.88 Å². The number of benzene rings is 1. The molecule has 1 heterocycles. The lowest BCUT2D eigenvalue weighted by Crippen LogP contribution is -2.24. The molecule has 0 aliphatic rings. The molecule has 4 N–H and O–H groups in total. The Balaban J connectivity index is 2.23. The predicted octanol–water partition coefficient (Wildman–Crippen LogP) is -0.0342. The minimum atomic E-state index is -3.80. The van der Waals surface area contributed by atoms with Crippen molar-refractivity contribution in [2.24, 2.45) is 5.73 Å². The summed E-state index contributed by atoms with van der Waals surface area (Å²) < 4.78 is 26.5. The fraction of sp³-hybridized carbons (Fsp3) is 0.111. The Kier molecular flexibility index (Phi) is 4.28. The maximum atomic E-state index is 12.1. The number of aromatic nitrogens is 4. The number of tetrazole rings is 1. The predicted molar refractivity (Wildman–Crippen MR) is 75.5 cm³/mol. The summed E-state index contributed by atoms with van der Waals surface area (Å²) in [4.78, 5) is 0.0539. The van der Waals surface area contributed by atoms with Crippen molar-refractivity contribution in [3.05, 3.63) is 34.6 Å². The molecule has 0 radical (unpaired) electrons. The second-order valence-corrected chi connectivity index (χ2v) is 6.24. The summed E-state index contributed by atoms with van der Waals surface area (Å²) in [6, 6.07) is 4.21. The molecule has 20 heavy (non-hydrogen) atoms. The monoisotopic (exact) mass is 332 g/mol. The Morgan fingerprint density at radius 1 is 1.50 bits per heavy atom. The normalized spacial score (nSPS) is 11.4. The molecule has 0 amide bonds. The van der Waals surface area contributed by atoms with Crippen LogP contribution < -0.4 is 10.5 Å². The Labute approximate surface area is 124 Å². The zero-order valence-corrected chi connectivity index (χ0v) is 12.3. The van der Waals surface area contributed by atoms with Gasteiger partial charge in [-0.25, -0.2) is 13.1 Å². The first-order valence-electron chi connectivity index (χ1n) is 5.21. The van der Waals surface area contributed by atoms with Gasteiger partial charge in [-0.15, -0.1) is 10.2 Å². The quantitative estimate of drug-likeness (QED) is 0.656. The van der Waals surface area contributed by atoms with E-state index in [1.165, 1.54) is 18.2 Å². The molecule has 0 aliphatic carbocycles. The van der Waals surface area contributed by atoms with Gasteiger partial charge in [-0.05, 0) is 12.1 Å². The van der Waals surface area contributed by atoms with Crippen molar-refractivity contribution in [3.63, 3.8) is 0 Å². The number of nitrogens with zero attached hydrogens (tertiary/aromatic N) is 3. The van der Waals surface area contributed by atoms with Gasteiger partial charge in [-0.3, -0.25) is 0 Å². The summed E-state index contributed by atoms with van der Waals surface area (Å²) in [6.45, 7) is -0.105. The van der Waals surface area contributed by atoms with E-state index in [-0.39, 0.29) is 27.3 Å². The van der Waals surface area contributed by atoms with E-state index < -0.39 is 10.0 Å². The van der Waals surface area contributed by atoms with Crippen molar-refractivity contribution < 1.29 is 8.42 Å². The Hall–Kier alpha value is -1.62. The van der Waals surface area contributed by atoms with E-state index in [1.807, 2.05) is 0 Å². The van der Waals surface area contributed by atoms with Gasteiger partial charge in [0.2, 0.25) is 10.0 Å². The molecule has 8 nitrogen and oxygen atoms in total. The molecule has 11 heteroatoms. The number of hydrogen-bond acceptors (Lipinski definition) is 6. The van der Waals surface area contributed by atoms with Crippen LogP contribution in [0, 0.1) is 0 Å². The summed E-state index contributed by atoms with van der Waals surface area (Å²) >= 11 is 10.7. The fourth-order valence-electron chi connectivity index (χ4n) is 1.37. The average molecular weight is 333 g/mol. The number of hydrogen-bond donors (Lipinski definition) is 3. The van der Waals surface area contributed by atoms with Crippen molar-refractivity contribution in [1.29, 1.82) is 0 Å². The molecule has 0 spiro atoms. The van der Waals surface area contributed by atoms with Crippen LogP contribution in [-0.2, 0) is 16.6 Å². The first-order valence-corrected chi connectivity index (χ1v) is 7.48. The largest absolute Gasteiger partial charge is 0.389 e. The molecule has 1 aromatic heterocycles. The molecule has 0 bridgehead atoms. The zero-order valence-electron chi connectivity index (χ0n) is 9.87. The van der Waals surface area contributed by atoms with Crippen LogP contribution in [0.2, 0.25) is 5.02 Å². The lowest BCUT2D eigenvalue weighted by atomic mass is 10.2. The molecular formula is C9H9ClN6O2S2. The van der Waals surface area contributed by atoms with Crippen molar-refractivity contribution in [3.8, 4) is 0 Å². The Morgan fingerprint density at radius 2 is 2.25 bits per heavy atom. The van der Waals surface area contributed by atoms with Crippen LogP contribution in [0.5, 0.6) is 0 Å². The molecule has 0 aliphatic heterocycles. The lowest BCUT2D eigenvalue weighted by Gasteiger charge is -2.08. The number of H-pyrrole nitrogens is 1. The molecular weight excluding hydrogens is 324 g/mol. The molecule has 2 rings (SSSR count). The van der Waals surface area contributed by atoms with Gasteiger partial charge in [-0.1, -0.05) is 35.1 Å². The first kappa shape index (κ1) is 14.8. The Morgan fingerprint density at radius 3 is 2.80 bits per heavy atom. The average Bonchev–Trinajstić information content (AvgIpc) is 2.89. The summed E-state index contributed by atoms with van der Waals surface area (Å²) in [6.07, 6.45) is 0. The molecule has 0 unspecified atom stereocenters. The van der Waals surface area contributed by atoms with Crippen LogP contribution in [-0.4, -0.2) is 34.0 Å². The van der Waals surface area contributed by atoms with Gasteiger partial charge in [0.05, 0.1) is 11.6 Å². The van der Waals surface area contributed by atoms with Gasteiger partial charge >= 0.3 is 0 Å². The smallest absolute Gasteiger partial charge is 0.242 e. The van der Waals surface area contributed by atoms with Gasteiger partial charge in [0, 0.05) is 5.56 Å². The summed E-state index contributed by atoms with van der Waals surface area (Å²) in [7, 11) is -3.80. The minimum Gasteiger partial charge on any atom is -0.389 e. The maximum absolute atomic E-state index is 12.1. The molecule has 2 aromatic rings. The SMILES string of the molecule is NC(=S)c1ccc(S(=O)(=O)NCc2nn[nH]n2)c(Cl)c1. The van der Waals surface area contributed by atoms with Crippen molar-refractivity contribution in [2.45, 2.75) is 11.4 Å². The molecule has 0 fully saturated rings. The lowest BCUT2D eigenvalue weighted by molar-refractivity contribution is 0.579. The van der Waals surface area contributed by atoms with E-state index >= 15 is 0 Å². The highest BCUT2D eigenvalue weighted by Gasteiger charge is 2.19. The van der Waals surface area contributed by atoms with Crippen LogP contribution in [0.1, 0.15) is 11.4 Å². The number of sulfonamides is 1. The van der Waals surface area contributed by atoms with Gasteiger partial charge in [0.25, 0.3) is 0 Å². The number of rotatable bonds is 5. The highest BCUT2D eigenvalue weighted by Crippen LogP contribution is 2.22. The third-order valence-electron chi connectivity index (χ3n) is 2.32. The zero-order chi connectivity index (χ0) is 14.8. The highest BCUT2D eigenvalue weighted by atomic mass is 35.5. The second kappa shape index (κ2) is 5.79. The Bertz CT molecular complexity index is 731. The van der Waals surface area contributed by atoms with E-state index in [9.17, 15) is 8.42 Å². The van der Waals surface area contributed by atoms with Gasteiger partial charge in [0.15, 0.2) is 5.82 Å². The fourth-order valence-corrected chi connectivity index (χ4v) is 3.02. The van der Waals surface area contributed by atoms with Crippen molar-refractivity contribution >= 4 is 38.8 Å². The molecule has 0 atom stereocenters. The number of nitrogens with two attached hydrogens (primary N) is 1. The summed E-state index contributed by atoms with van der Waals surface area (Å²) in [5, 5.41) is 12.8. The third-order valence-corrected chi connectivity index (χ3v) is 4.44. The third kappa shape index (κ3) is 3.28. The molecule has 1 aromatic carbocycles. The van der Waals surface area contributed by atoms with E-state index in [0.29, 0.717) is 5.56 Å². The standard InChI is InChI=1S/C9H9ClN6O2S2/c10-6-3-5(9(11)19)1-2-7(6)20(17,18)12-4-8-13-15-16-14-8/h1-3,12H,4H2,(H2,11,19)(H,13,14,15,16). The van der Waals surface area contributed by atoms with Crippen LogP contribution in [0.3, 0.4) is 0 Å². The number of nitrogens with one attached hydrogen (secondary N) is 2. The first-order chi connectivity index (χ1) is 9.40. The van der Waals surface area contributed by atoms with Crippen molar-refractivity contribution in [2.75, 3.05) is 0 Å². The van der Waals surface area contributed by atoms with Gasteiger partial charge in [-0.2, -0.15) is 5.21 Å². The number of halogens is 1. The topological polar surface area (TPSA) is 127 Å². The molecule has 0 saturated carbocycles. The van der Waals surface area contributed by atoms with Crippen LogP contribution in [0.15, 0.2) is 23.1 Å². The summed E-state index contributed by atoms with van der Waals surface area (Å²) in [5.41, 5.74) is 5.93. The number of aromatic amines is 1. The van der Waals surface area contributed by atoms with Crippen LogP contribution in [0.25, 0.3) is 0 Å². The molecule has 106 valence electrons. The van der Waals surface area contributed by atoms with E-state index in [4.69, 9.17) is 29.6 Å². The van der Waals surface area contributed by atoms with E-state index in [0.717, 1.165) is 0 Å². The molecule has 0 saturated heterocycles. The number of thiocarbonyl (C=S) groups is 1. The van der Waals surface area contributed by atoms with Gasteiger partial charge < -0.3 is 5.73 Å². The van der Waals surface area contributed by atoms with Crippen molar-refractivity contribution in [1.82, 2.24) is 25.3 Å². The van der Waals surface area contributed by atoms with E-state index in [2.05, 4.69) is 25.3 Å². The maximum Gasteiger partial charge on any atom is 0.242 e. The van der Waals surface area contributed by atoms with Crippen LogP contribution in [0.4, 0.5) is 0 Å². The highest BCUT2D eigenvalue weighted by molar-refractivity contribution is 7.89.